The van der Waals surface area contributed by atoms with E-state index in [0.29, 0.717) is 18.1 Å². The van der Waals surface area contributed by atoms with Crippen molar-refractivity contribution >= 4 is 5.78 Å². The van der Waals surface area contributed by atoms with E-state index in [1.807, 2.05) is 12.1 Å². The van der Waals surface area contributed by atoms with E-state index in [-0.39, 0.29) is 0 Å². The second kappa shape index (κ2) is 10.6. The lowest BCUT2D eigenvalue weighted by molar-refractivity contribution is 0.0979. The van der Waals surface area contributed by atoms with Crippen molar-refractivity contribution in [3.8, 4) is 0 Å². The van der Waals surface area contributed by atoms with Crippen LogP contribution in [0.5, 0.6) is 0 Å². The van der Waals surface area contributed by atoms with E-state index in [1.54, 1.807) is 0 Å². The molecule has 1 aromatic carbocycles. The van der Waals surface area contributed by atoms with E-state index < -0.39 is 0 Å². The summed E-state index contributed by atoms with van der Waals surface area (Å²) in [5.74, 6) is 0.971. The largest absolute Gasteiger partial charge is 0.294 e. The Labute approximate surface area is 131 Å². The quantitative estimate of drug-likeness (QED) is 0.349. The van der Waals surface area contributed by atoms with Crippen LogP contribution in [0.1, 0.15) is 88.1 Å². The molecule has 0 N–H and O–H groups in total. The zero-order valence-electron chi connectivity index (χ0n) is 14.2. The molecule has 0 aliphatic heterocycles. The molecule has 118 valence electrons. The molecule has 0 unspecified atom stereocenters. The van der Waals surface area contributed by atoms with Gasteiger partial charge in [-0.3, -0.25) is 4.79 Å². The van der Waals surface area contributed by atoms with Crippen LogP contribution in [-0.4, -0.2) is 5.78 Å². The molecule has 0 aliphatic carbocycles. The average molecular weight is 288 g/mol. The van der Waals surface area contributed by atoms with Crippen molar-refractivity contribution in [2.75, 3.05) is 0 Å². The van der Waals surface area contributed by atoms with Gasteiger partial charge in [-0.2, -0.15) is 0 Å². The number of carbonyl (C=O) groups excluding carboxylic acids is 1. The molecule has 0 spiro atoms. The Morgan fingerprint density at radius 2 is 1.48 bits per heavy atom. The Kier molecular flexibility index (Phi) is 9.05. The number of unbranched alkanes of at least 4 members (excludes halogenated alkanes) is 6. The fourth-order valence-corrected chi connectivity index (χ4v) is 2.69. The van der Waals surface area contributed by atoms with E-state index in [0.717, 1.165) is 18.4 Å². The minimum atomic E-state index is 0.305. The molecule has 1 nitrogen and oxygen atoms in total. The lowest BCUT2D eigenvalue weighted by atomic mass is 9.99. The summed E-state index contributed by atoms with van der Waals surface area (Å²) in [5, 5.41) is 0. The second-order valence-corrected chi connectivity index (χ2v) is 6.59. The summed E-state index contributed by atoms with van der Waals surface area (Å²) in [5.41, 5.74) is 2.21. The first-order valence-electron chi connectivity index (χ1n) is 8.75. The van der Waals surface area contributed by atoms with Gasteiger partial charge in [0.15, 0.2) is 5.78 Å². The standard InChI is InChI=1S/C20H32O/c1-4-5-6-7-8-9-10-11-20(21)19-14-12-18(13-15-19)16-17(2)3/h12-15,17H,4-11,16H2,1-3H3. The van der Waals surface area contributed by atoms with Gasteiger partial charge in [-0.15, -0.1) is 0 Å². The molecule has 1 rings (SSSR count). The van der Waals surface area contributed by atoms with Crippen molar-refractivity contribution in [1.82, 2.24) is 0 Å². The Morgan fingerprint density at radius 3 is 2.05 bits per heavy atom. The Bertz CT molecular complexity index is 389. The van der Waals surface area contributed by atoms with Crippen LogP contribution in [0, 0.1) is 5.92 Å². The lowest BCUT2D eigenvalue weighted by Gasteiger charge is -2.06. The van der Waals surface area contributed by atoms with E-state index in [1.165, 1.54) is 44.1 Å². The van der Waals surface area contributed by atoms with E-state index >= 15 is 0 Å². The third-order valence-electron chi connectivity index (χ3n) is 3.93. The summed E-state index contributed by atoms with van der Waals surface area (Å²) in [7, 11) is 0. The smallest absolute Gasteiger partial charge is 0.162 e. The maximum absolute atomic E-state index is 12.1. The minimum Gasteiger partial charge on any atom is -0.294 e. The van der Waals surface area contributed by atoms with Crippen LogP contribution >= 0.6 is 0 Å². The van der Waals surface area contributed by atoms with Crippen LogP contribution in [0.3, 0.4) is 0 Å². The summed E-state index contributed by atoms with van der Waals surface area (Å²) < 4.78 is 0. The van der Waals surface area contributed by atoms with Gasteiger partial charge in [0.25, 0.3) is 0 Å². The van der Waals surface area contributed by atoms with E-state index in [2.05, 4.69) is 32.9 Å². The highest BCUT2D eigenvalue weighted by Gasteiger charge is 2.06. The lowest BCUT2D eigenvalue weighted by Crippen LogP contribution is -2.00. The highest BCUT2D eigenvalue weighted by Crippen LogP contribution is 2.14. The van der Waals surface area contributed by atoms with Crippen molar-refractivity contribution < 1.29 is 4.79 Å². The van der Waals surface area contributed by atoms with Gasteiger partial charge < -0.3 is 0 Å². The zero-order chi connectivity index (χ0) is 15.5. The highest BCUT2D eigenvalue weighted by atomic mass is 16.1. The number of hydrogen-bond acceptors (Lipinski definition) is 1. The summed E-state index contributed by atoms with van der Waals surface area (Å²) in [4.78, 5) is 12.1. The van der Waals surface area contributed by atoms with E-state index in [9.17, 15) is 4.79 Å². The van der Waals surface area contributed by atoms with Crippen molar-refractivity contribution in [2.24, 2.45) is 5.92 Å². The molecule has 0 saturated heterocycles. The molecule has 1 heteroatoms. The van der Waals surface area contributed by atoms with Crippen molar-refractivity contribution in [1.29, 1.82) is 0 Å². The number of rotatable bonds is 11. The van der Waals surface area contributed by atoms with Gasteiger partial charge in [-0.05, 0) is 24.3 Å². The van der Waals surface area contributed by atoms with Crippen LogP contribution in [0.4, 0.5) is 0 Å². The second-order valence-electron chi connectivity index (χ2n) is 6.59. The average Bonchev–Trinajstić information content (AvgIpc) is 2.46. The topological polar surface area (TPSA) is 17.1 Å². The van der Waals surface area contributed by atoms with Crippen molar-refractivity contribution in [3.63, 3.8) is 0 Å². The molecule has 0 aromatic heterocycles. The molecule has 0 aliphatic rings. The van der Waals surface area contributed by atoms with Gasteiger partial charge in [-0.25, -0.2) is 0 Å². The predicted molar refractivity (Wildman–Crippen MR) is 91.9 cm³/mol. The fourth-order valence-electron chi connectivity index (χ4n) is 2.69. The number of Topliss-reactive ketones (excluding diaryl/α,β-unsaturated/α-hetero) is 1. The third-order valence-corrected chi connectivity index (χ3v) is 3.93. The van der Waals surface area contributed by atoms with Crippen molar-refractivity contribution in [3.05, 3.63) is 35.4 Å². The zero-order valence-corrected chi connectivity index (χ0v) is 14.2. The highest BCUT2D eigenvalue weighted by molar-refractivity contribution is 5.96. The molecule has 0 radical (unpaired) electrons. The van der Waals surface area contributed by atoms with Gasteiger partial charge in [0, 0.05) is 12.0 Å². The summed E-state index contributed by atoms with van der Waals surface area (Å²) >= 11 is 0. The predicted octanol–water partition coefficient (Wildman–Crippen LogP) is 6.21. The monoisotopic (exact) mass is 288 g/mol. The molecule has 0 saturated carbocycles. The van der Waals surface area contributed by atoms with Gasteiger partial charge in [0.05, 0.1) is 0 Å². The first kappa shape index (κ1) is 17.9. The first-order chi connectivity index (χ1) is 10.1. The van der Waals surface area contributed by atoms with Crippen LogP contribution in [-0.2, 0) is 6.42 Å². The van der Waals surface area contributed by atoms with Gasteiger partial charge in [0.1, 0.15) is 0 Å². The van der Waals surface area contributed by atoms with Crippen LogP contribution < -0.4 is 0 Å². The Balaban J connectivity index is 2.22. The normalized spacial score (nSPS) is 11.0. The van der Waals surface area contributed by atoms with Gasteiger partial charge in [-0.1, -0.05) is 83.6 Å². The van der Waals surface area contributed by atoms with Crippen LogP contribution in [0.2, 0.25) is 0 Å². The molecule has 0 bridgehead atoms. The molecule has 21 heavy (non-hydrogen) atoms. The molecule has 0 fully saturated rings. The Hall–Kier alpha value is -1.11. The third kappa shape index (κ3) is 8.04. The summed E-state index contributed by atoms with van der Waals surface area (Å²) in [6.07, 6.45) is 10.6. The molecule has 0 heterocycles. The maximum atomic E-state index is 12.1. The number of ketones is 1. The molecule has 1 aromatic rings. The summed E-state index contributed by atoms with van der Waals surface area (Å²) in [6, 6.07) is 8.22. The minimum absolute atomic E-state index is 0.305. The Morgan fingerprint density at radius 1 is 0.905 bits per heavy atom. The number of benzene rings is 1. The van der Waals surface area contributed by atoms with Crippen LogP contribution in [0.15, 0.2) is 24.3 Å². The van der Waals surface area contributed by atoms with E-state index in [4.69, 9.17) is 0 Å². The van der Waals surface area contributed by atoms with Crippen LogP contribution in [0.25, 0.3) is 0 Å². The van der Waals surface area contributed by atoms with Crippen molar-refractivity contribution in [2.45, 2.75) is 78.6 Å². The number of hydrogen-bond donors (Lipinski definition) is 0. The maximum Gasteiger partial charge on any atom is 0.162 e. The molecular formula is C20H32O. The fraction of sp³-hybridized carbons (Fsp3) is 0.650. The molecular weight excluding hydrogens is 256 g/mol. The molecule has 0 amide bonds. The summed E-state index contributed by atoms with van der Waals surface area (Å²) in [6.45, 7) is 6.68. The number of carbonyl (C=O) groups is 1. The van der Waals surface area contributed by atoms with Gasteiger partial charge in [0.2, 0.25) is 0 Å². The SMILES string of the molecule is CCCCCCCCCC(=O)c1ccc(CC(C)C)cc1. The van der Waals surface area contributed by atoms with Gasteiger partial charge >= 0.3 is 0 Å². The first-order valence-corrected chi connectivity index (χ1v) is 8.75. The molecule has 0 atom stereocenters.